The summed E-state index contributed by atoms with van der Waals surface area (Å²) >= 11 is 1.61. The van der Waals surface area contributed by atoms with Gasteiger partial charge in [-0.05, 0) is 23.8 Å². The van der Waals surface area contributed by atoms with Crippen LogP contribution in [0.15, 0.2) is 48.5 Å². The maximum Gasteiger partial charge on any atom is 0.128 e. The molecule has 2 aromatic carbocycles. The molecule has 2 N–H and O–H groups in total. The molecule has 2 rings (SSSR count). The van der Waals surface area contributed by atoms with Crippen molar-refractivity contribution in [1.82, 2.24) is 0 Å². The van der Waals surface area contributed by atoms with Gasteiger partial charge < -0.3 is 5.73 Å². The number of benzene rings is 2. The lowest BCUT2D eigenvalue weighted by Crippen LogP contribution is -2.15. The second-order valence-electron chi connectivity index (χ2n) is 4.27. The third-order valence-electron chi connectivity index (χ3n) is 2.77. The average molecular weight is 279 g/mol. The van der Waals surface area contributed by atoms with E-state index in [-0.39, 0.29) is 5.56 Å². The number of hydrogen-bond donors (Lipinski definition) is 1. The van der Waals surface area contributed by atoms with Crippen LogP contribution in [0.2, 0.25) is 0 Å². The highest BCUT2D eigenvalue weighted by molar-refractivity contribution is 7.98. The quantitative estimate of drug-likeness (QED) is 0.898. The third kappa shape index (κ3) is 4.04. The Balaban J connectivity index is 1.91. The number of hydrogen-bond acceptors (Lipinski definition) is 2. The predicted molar refractivity (Wildman–Crippen MR) is 75.9 cm³/mol. The Bertz CT molecular complexity index is 531. The summed E-state index contributed by atoms with van der Waals surface area (Å²) in [4.78, 5) is 0. The summed E-state index contributed by atoms with van der Waals surface area (Å²) in [6.45, 7) is 0. The lowest BCUT2D eigenvalue weighted by atomic mass is 10.1. The van der Waals surface area contributed by atoms with Gasteiger partial charge in [0.25, 0.3) is 0 Å². The molecule has 0 aliphatic heterocycles. The van der Waals surface area contributed by atoms with E-state index in [1.807, 2.05) is 30.3 Å². The molecule has 0 fully saturated rings. The van der Waals surface area contributed by atoms with Crippen molar-refractivity contribution in [2.24, 2.45) is 5.73 Å². The average Bonchev–Trinajstić information content (AvgIpc) is 2.42. The Morgan fingerprint density at radius 3 is 2.53 bits per heavy atom. The van der Waals surface area contributed by atoms with Gasteiger partial charge in [0.2, 0.25) is 0 Å². The van der Waals surface area contributed by atoms with Crippen molar-refractivity contribution in [1.29, 1.82) is 0 Å². The van der Waals surface area contributed by atoms with Crippen LogP contribution in [0.1, 0.15) is 17.2 Å². The zero-order valence-electron chi connectivity index (χ0n) is 10.4. The van der Waals surface area contributed by atoms with Gasteiger partial charge in [0.1, 0.15) is 11.6 Å². The Morgan fingerprint density at radius 1 is 1.05 bits per heavy atom. The summed E-state index contributed by atoms with van der Waals surface area (Å²) in [5, 5.41) is 0. The van der Waals surface area contributed by atoms with E-state index in [9.17, 15) is 8.78 Å². The molecule has 19 heavy (non-hydrogen) atoms. The molecule has 0 amide bonds. The maximum absolute atomic E-state index is 13.5. The van der Waals surface area contributed by atoms with Gasteiger partial charge in [0, 0.05) is 23.1 Å². The molecule has 2 aromatic rings. The van der Waals surface area contributed by atoms with E-state index in [1.54, 1.807) is 11.8 Å². The standard InChI is InChI=1S/C15H15F2NS/c16-12-6-7-14(17)13(8-12)15(18)10-19-9-11-4-2-1-3-5-11/h1-8,15H,9-10,18H2. The fourth-order valence-corrected chi connectivity index (χ4v) is 2.75. The van der Waals surface area contributed by atoms with Crippen LogP contribution in [0.25, 0.3) is 0 Å². The van der Waals surface area contributed by atoms with Crippen molar-refractivity contribution >= 4 is 11.8 Å². The van der Waals surface area contributed by atoms with Gasteiger partial charge in [-0.25, -0.2) is 8.78 Å². The molecule has 0 spiro atoms. The van der Waals surface area contributed by atoms with Crippen molar-refractivity contribution in [2.75, 3.05) is 5.75 Å². The van der Waals surface area contributed by atoms with Crippen LogP contribution in [0, 0.1) is 11.6 Å². The molecule has 1 unspecified atom stereocenters. The molecule has 100 valence electrons. The number of thioether (sulfide) groups is 1. The molecule has 0 saturated heterocycles. The zero-order valence-corrected chi connectivity index (χ0v) is 11.2. The highest BCUT2D eigenvalue weighted by Crippen LogP contribution is 2.22. The zero-order chi connectivity index (χ0) is 13.7. The summed E-state index contributed by atoms with van der Waals surface area (Å²) in [5.74, 6) is 0.454. The van der Waals surface area contributed by atoms with Gasteiger partial charge in [0.05, 0.1) is 0 Å². The largest absolute Gasteiger partial charge is 0.323 e. The molecule has 1 nitrogen and oxygen atoms in total. The molecule has 0 radical (unpaired) electrons. The van der Waals surface area contributed by atoms with Crippen LogP contribution in [0.5, 0.6) is 0 Å². The van der Waals surface area contributed by atoms with Crippen LogP contribution in [-0.4, -0.2) is 5.75 Å². The van der Waals surface area contributed by atoms with Gasteiger partial charge in [-0.15, -0.1) is 0 Å². The van der Waals surface area contributed by atoms with E-state index in [4.69, 9.17) is 5.73 Å². The van der Waals surface area contributed by atoms with Gasteiger partial charge in [-0.3, -0.25) is 0 Å². The lowest BCUT2D eigenvalue weighted by Gasteiger charge is -2.12. The van der Waals surface area contributed by atoms with Gasteiger partial charge in [-0.2, -0.15) is 11.8 Å². The highest BCUT2D eigenvalue weighted by atomic mass is 32.2. The van der Waals surface area contributed by atoms with Gasteiger partial charge in [0.15, 0.2) is 0 Å². The molecule has 0 bridgehead atoms. The topological polar surface area (TPSA) is 26.0 Å². The first-order chi connectivity index (χ1) is 9.16. The summed E-state index contributed by atoms with van der Waals surface area (Å²) in [5.41, 5.74) is 7.33. The molecule has 0 saturated carbocycles. The molecule has 0 aliphatic carbocycles. The van der Waals surface area contributed by atoms with Crippen LogP contribution < -0.4 is 5.73 Å². The summed E-state index contributed by atoms with van der Waals surface area (Å²) < 4.78 is 26.6. The normalized spacial score (nSPS) is 12.4. The van der Waals surface area contributed by atoms with Crippen molar-refractivity contribution in [3.05, 3.63) is 71.3 Å². The van der Waals surface area contributed by atoms with E-state index >= 15 is 0 Å². The highest BCUT2D eigenvalue weighted by Gasteiger charge is 2.12. The Labute approximate surface area is 115 Å². The third-order valence-corrected chi connectivity index (χ3v) is 3.90. The SMILES string of the molecule is NC(CSCc1ccccc1)c1cc(F)ccc1F. The minimum atomic E-state index is -0.496. The Kier molecular flexibility index (Phi) is 4.93. The first-order valence-electron chi connectivity index (χ1n) is 5.99. The maximum atomic E-state index is 13.5. The summed E-state index contributed by atoms with van der Waals surface area (Å²) in [7, 11) is 0. The van der Waals surface area contributed by atoms with Crippen molar-refractivity contribution in [3.63, 3.8) is 0 Å². The fraction of sp³-hybridized carbons (Fsp3) is 0.200. The number of rotatable bonds is 5. The number of halogens is 2. The molecular weight excluding hydrogens is 264 g/mol. The van der Waals surface area contributed by atoms with E-state index in [2.05, 4.69) is 0 Å². The second kappa shape index (κ2) is 6.68. The lowest BCUT2D eigenvalue weighted by molar-refractivity contribution is 0.573. The van der Waals surface area contributed by atoms with Crippen molar-refractivity contribution in [3.8, 4) is 0 Å². The van der Waals surface area contributed by atoms with Crippen LogP contribution in [-0.2, 0) is 5.75 Å². The van der Waals surface area contributed by atoms with E-state index in [0.29, 0.717) is 5.75 Å². The van der Waals surface area contributed by atoms with Crippen LogP contribution in [0.3, 0.4) is 0 Å². The first kappa shape index (κ1) is 14.0. The van der Waals surface area contributed by atoms with Crippen molar-refractivity contribution < 1.29 is 8.78 Å². The fourth-order valence-electron chi connectivity index (χ4n) is 1.77. The molecule has 4 heteroatoms. The monoisotopic (exact) mass is 279 g/mol. The van der Waals surface area contributed by atoms with E-state index in [0.717, 1.165) is 17.9 Å². The Hall–Kier alpha value is -1.39. The van der Waals surface area contributed by atoms with Crippen LogP contribution in [0.4, 0.5) is 8.78 Å². The minimum absolute atomic E-state index is 0.237. The van der Waals surface area contributed by atoms with E-state index in [1.165, 1.54) is 11.6 Å². The second-order valence-corrected chi connectivity index (χ2v) is 5.30. The first-order valence-corrected chi connectivity index (χ1v) is 7.14. The van der Waals surface area contributed by atoms with Crippen molar-refractivity contribution in [2.45, 2.75) is 11.8 Å². The number of nitrogens with two attached hydrogens (primary N) is 1. The molecular formula is C15H15F2NS. The Morgan fingerprint density at radius 2 is 1.79 bits per heavy atom. The van der Waals surface area contributed by atoms with E-state index < -0.39 is 17.7 Å². The van der Waals surface area contributed by atoms with Gasteiger partial charge in [-0.1, -0.05) is 30.3 Å². The minimum Gasteiger partial charge on any atom is -0.323 e. The molecule has 0 heterocycles. The van der Waals surface area contributed by atoms with Crippen LogP contribution >= 0.6 is 11.8 Å². The molecule has 0 aliphatic rings. The van der Waals surface area contributed by atoms with Gasteiger partial charge >= 0.3 is 0 Å². The summed E-state index contributed by atoms with van der Waals surface area (Å²) in [6, 6.07) is 12.9. The summed E-state index contributed by atoms with van der Waals surface area (Å²) in [6.07, 6.45) is 0. The predicted octanol–water partition coefficient (Wildman–Crippen LogP) is 3.90. The smallest absolute Gasteiger partial charge is 0.128 e. The molecule has 1 atom stereocenters. The molecule has 0 aromatic heterocycles.